The maximum absolute atomic E-state index is 12.8. The van der Waals surface area contributed by atoms with Crippen molar-refractivity contribution in [2.24, 2.45) is 0 Å². The topological polar surface area (TPSA) is 42.0 Å². The third-order valence-electron chi connectivity index (χ3n) is 3.07. The van der Waals surface area contributed by atoms with Gasteiger partial charge in [0, 0.05) is 19.4 Å². The van der Waals surface area contributed by atoms with E-state index in [1.54, 1.807) is 12.1 Å². The van der Waals surface area contributed by atoms with Crippen LogP contribution in [0.25, 0.3) is 11.3 Å². The fourth-order valence-corrected chi connectivity index (χ4v) is 3.71. The Labute approximate surface area is 160 Å². The molecule has 0 spiro atoms. The Morgan fingerprint density at radius 1 is 1.17 bits per heavy atom. The average molecular weight is 470 g/mol. The largest absolute Gasteiger partial charge is 0.301 e. The van der Waals surface area contributed by atoms with Crippen LogP contribution < -0.4 is 5.32 Å². The lowest BCUT2D eigenvalue weighted by Crippen LogP contribution is -2.13. The molecule has 0 radical (unpaired) electrons. The number of thiazole rings is 1. The highest BCUT2D eigenvalue weighted by molar-refractivity contribution is 14.1. The summed E-state index contributed by atoms with van der Waals surface area (Å²) < 4.78 is 14.0. The molecule has 0 aliphatic rings. The summed E-state index contributed by atoms with van der Waals surface area (Å²) in [6.07, 6.45) is 0. The third kappa shape index (κ3) is 4.78. The summed E-state index contributed by atoms with van der Waals surface area (Å²) in [6.45, 7) is 0. The number of halogens is 2. The summed E-state index contributed by atoms with van der Waals surface area (Å²) in [6, 6.07) is 14.1. The van der Waals surface area contributed by atoms with Gasteiger partial charge in [0.1, 0.15) is 5.82 Å². The number of amides is 1. The van der Waals surface area contributed by atoms with Gasteiger partial charge in [-0.15, -0.1) is 23.1 Å². The fraction of sp³-hybridized carbons (Fsp3) is 0.0588. The molecule has 122 valence electrons. The monoisotopic (exact) mass is 470 g/mol. The molecule has 0 atom stereocenters. The molecule has 0 bridgehead atoms. The second-order valence-electron chi connectivity index (χ2n) is 4.84. The molecular weight excluding hydrogens is 458 g/mol. The molecule has 24 heavy (non-hydrogen) atoms. The van der Waals surface area contributed by atoms with E-state index in [2.05, 4.69) is 32.9 Å². The van der Waals surface area contributed by atoms with E-state index in [-0.39, 0.29) is 17.5 Å². The summed E-state index contributed by atoms with van der Waals surface area (Å²) in [7, 11) is 0. The third-order valence-corrected chi connectivity index (χ3v) is 5.56. The molecular formula is C17H12FIN2OS2. The van der Waals surface area contributed by atoms with E-state index in [0.29, 0.717) is 5.13 Å². The average Bonchev–Trinajstić information content (AvgIpc) is 3.03. The SMILES string of the molecule is O=C(CSc1ccc(F)cc1)Nc1nc(-c2ccc(I)cc2)cs1. The van der Waals surface area contributed by atoms with Gasteiger partial charge in [0.05, 0.1) is 11.4 Å². The number of rotatable bonds is 5. The van der Waals surface area contributed by atoms with Crippen LogP contribution in [0.3, 0.4) is 0 Å². The van der Waals surface area contributed by atoms with Gasteiger partial charge in [0.15, 0.2) is 5.13 Å². The molecule has 0 unspecified atom stereocenters. The van der Waals surface area contributed by atoms with Crippen molar-refractivity contribution in [3.8, 4) is 11.3 Å². The number of nitrogens with one attached hydrogen (secondary N) is 1. The van der Waals surface area contributed by atoms with Crippen LogP contribution in [0.15, 0.2) is 58.8 Å². The zero-order valence-electron chi connectivity index (χ0n) is 12.3. The smallest absolute Gasteiger partial charge is 0.236 e. The van der Waals surface area contributed by atoms with E-state index in [9.17, 15) is 9.18 Å². The molecule has 3 rings (SSSR count). The van der Waals surface area contributed by atoms with Gasteiger partial charge in [0.25, 0.3) is 0 Å². The van der Waals surface area contributed by atoms with Crippen LogP contribution in [0.2, 0.25) is 0 Å². The van der Waals surface area contributed by atoms with E-state index in [1.807, 2.05) is 29.6 Å². The van der Waals surface area contributed by atoms with E-state index < -0.39 is 0 Å². The van der Waals surface area contributed by atoms with Crippen LogP contribution in [0.4, 0.5) is 9.52 Å². The van der Waals surface area contributed by atoms with E-state index >= 15 is 0 Å². The molecule has 0 saturated heterocycles. The zero-order chi connectivity index (χ0) is 16.9. The van der Waals surface area contributed by atoms with Crippen LogP contribution in [-0.2, 0) is 4.79 Å². The highest BCUT2D eigenvalue weighted by Crippen LogP contribution is 2.26. The van der Waals surface area contributed by atoms with Gasteiger partial charge < -0.3 is 5.32 Å². The minimum absolute atomic E-state index is 0.132. The van der Waals surface area contributed by atoms with Crippen molar-refractivity contribution in [1.82, 2.24) is 4.98 Å². The van der Waals surface area contributed by atoms with Crippen molar-refractivity contribution < 1.29 is 9.18 Å². The van der Waals surface area contributed by atoms with Gasteiger partial charge in [-0.25, -0.2) is 9.37 Å². The van der Waals surface area contributed by atoms with Crippen molar-refractivity contribution in [2.45, 2.75) is 4.90 Å². The Kier molecular flexibility index (Phi) is 5.85. The quantitative estimate of drug-likeness (QED) is 0.408. The van der Waals surface area contributed by atoms with Crippen molar-refractivity contribution >= 4 is 56.7 Å². The maximum atomic E-state index is 12.8. The minimum atomic E-state index is -0.283. The van der Waals surface area contributed by atoms with Gasteiger partial charge in [0.2, 0.25) is 5.91 Å². The first-order valence-corrected chi connectivity index (χ1v) is 9.94. The lowest BCUT2D eigenvalue weighted by molar-refractivity contribution is -0.113. The summed E-state index contributed by atoms with van der Waals surface area (Å²) >= 11 is 5.01. The molecule has 1 heterocycles. The van der Waals surface area contributed by atoms with Crippen molar-refractivity contribution in [3.05, 3.63) is 63.3 Å². The first-order chi connectivity index (χ1) is 11.6. The molecule has 1 N–H and O–H groups in total. The summed E-state index contributed by atoms with van der Waals surface area (Å²) in [4.78, 5) is 17.3. The van der Waals surface area contributed by atoms with Crippen molar-refractivity contribution in [1.29, 1.82) is 0 Å². The number of hydrogen-bond donors (Lipinski definition) is 1. The molecule has 0 saturated carbocycles. The first-order valence-electron chi connectivity index (χ1n) is 7.00. The highest BCUT2D eigenvalue weighted by atomic mass is 127. The van der Waals surface area contributed by atoms with Gasteiger partial charge in [-0.05, 0) is 59.0 Å². The normalized spacial score (nSPS) is 10.6. The van der Waals surface area contributed by atoms with Gasteiger partial charge in [-0.3, -0.25) is 4.79 Å². The zero-order valence-corrected chi connectivity index (χ0v) is 16.1. The number of anilines is 1. The molecule has 3 aromatic rings. The van der Waals surface area contributed by atoms with E-state index in [4.69, 9.17) is 0 Å². The lowest BCUT2D eigenvalue weighted by Gasteiger charge is -2.02. The molecule has 0 fully saturated rings. The minimum Gasteiger partial charge on any atom is -0.301 e. The summed E-state index contributed by atoms with van der Waals surface area (Å²) in [5.41, 5.74) is 1.87. The standard InChI is InChI=1S/C17H12FIN2OS2/c18-12-3-7-14(8-4-12)23-10-16(22)21-17-20-15(9-24-17)11-1-5-13(19)6-2-11/h1-9H,10H2,(H,20,21,22). The van der Waals surface area contributed by atoms with Crippen LogP contribution in [0.5, 0.6) is 0 Å². The van der Waals surface area contributed by atoms with Gasteiger partial charge >= 0.3 is 0 Å². The molecule has 1 aromatic heterocycles. The molecule has 2 aromatic carbocycles. The predicted molar refractivity (Wildman–Crippen MR) is 106 cm³/mol. The van der Waals surface area contributed by atoms with Crippen LogP contribution in [0, 0.1) is 9.39 Å². The second-order valence-corrected chi connectivity index (χ2v) is 7.99. The Bertz CT molecular complexity index is 835. The molecule has 7 heteroatoms. The van der Waals surface area contributed by atoms with E-state index in [1.165, 1.54) is 35.2 Å². The van der Waals surface area contributed by atoms with E-state index in [0.717, 1.165) is 19.7 Å². The number of carbonyl (C=O) groups excluding carboxylic acids is 1. The van der Waals surface area contributed by atoms with Crippen LogP contribution >= 0.6 is 45.7 Å². The van der Waals surface area contributed by atoms with Crippen LogP contribution in [0.1, 0.15) is 0 Å². The Balaban J connectivity index is 1.57. The second kappa shape index (κ2) is 8.09. The molecule has 1 amide bonds. The van der Waals surface area contributed by atoms with Crippen LogP contribution in [-0.4, -0.2) is 16.6 Å². The Hall–Kier alpha value is -1.45. The Morgan fingerprint density at radius 3 is 2.58 bits per heavy atom. The number of nitrogens with zero attached hydrogens (tertiary/aromatic N) is 1. The van der Waals surface area contributed by atoms with Gasteiger partial charge in [-0.2, -0.15) is 0 Å². The number of aromatic nitrogens is 1. The van der Waals surface area contributed by atoms with Crippen molar-refractivity contribution in [2.75, 3.05) is 11.1 Å². The van der Waals surface area contributed by atoms with Gasteiger partial charge in [-0.1, -0.05) is 12.1 Å². The number of carbonyl (C=O) groups is 1. The number of benzene rings is 2. The maximum Gasteiger partial charge on any atom is 0.236 e. The highest BCUT2D eigenvalue weighted by Gasteiger charge is 2.09. The predicted octanol–water partition coefficient (Wildman–Crippen LogP) is 5.28. The number of thioether (sulfide) groups is 1. The Morgan fingerprint density at radius 2 is 1.88 bits per heavy atom. The molecule has 0 aliphatic carbocycles. The van der Waals surface area contributed by atoms with Crippen molar-refractivity contribution in [3.63, 3.8) is 0 Å². The molecule has 3 nitrogen and oxygen atoms in total. The summed E-state index contributed by atoms with van der Waals surface area (Å²) in [5, 5.41) is 5.30. The molecule has 0 aliphatic heterocycles. The first kappa shape index (κ1) is 17.4. The lowest BCUT2D eigenvalue weighted by atomic mass is 10.2. The number of hydrogen-bond acceptors (Lipinski definition) is 4. The fourth-order valence-electron chi connectivity index (χ4n) is 1.92. The summed E-state index contributed by atoms with van der Waals surface area (Å²) in [5.74, 6) is -0.160.